The number of nitrogens with zero attached hydrogens (tertiary/aromatic N) is 4. The Morgan fingerprint density at radius 2 is 1.11 bits per heavy atom. The van der Waals surface area contributed by atoms with Crippen LogP contribution in [0.25, 0.3) is 0 Å². The van der Waals surface area contributed by atoms with Crippen molar-refractivity contribution in [3.63, 3.8) is 0 Å². The van der Waals surface area contributed by atoms with Gasteiger partial charge in [0.15, 0.2) is 0 Å². The van der Waals surface area contributed by atoms with Gasteiger partial charge in [-0.05, 0) is 36.0 Å². The van der Waals surface area contributed by atoms with E-state index in [9.17, 15) is 39.3 Å². The molecule has 2 aromatic rings. The van der Waals surface area contributed by atoms with E-state index in [1.165, 1.54) is 0 Å². The van der Waals surface area contributed by atoms with Crippen LogP contribution in [0.1, 0.15) is 42.9 Å². The Kier molecular flexibility index (Phi) is 20.2. The maximum absolute atomic E-state index is 13.1. The predicted octanol–water partition coefficient (Wildman–Crippen LogP) is 0.717. The molecule has 16 heteroatoms. The van der Waals surface area contributed by atoms with E-state index in [4.69, 9.17) is 4.84 Å². The van der Waals surface area contributed by atoms with Crippen LogP contribution in [0.4, 0.5) is 0 Å². The number of aliphatic carboxylic acids is 3. The monoisotopic (exact) mass is 755 g/mol. The lowest BCUT2D eigenvalue weighted by atomic mass is 10.0. The topological polar surface area (TPSA) is 204 Å². The number of carbonyl (C=O) groups is 5. The first kappa shape index (κ1) is 44.0. The van der Waals surface area contributed by atoms with Crippen molar-refractivity contribution in [3.05, 3.63) is 71.3 Å². The summed E-state index contributed by atoms with van der Waals surface area (Å²) in [5, 5.41) is 34.6. The highest BCUT2D eigenvalue weighted by Gasteiger charge is 2.22. The molecule has 0 aromatic heterocycles. The van der Waals surface area contributed by atoms with Crippen molar-refractivity contribution in [2.24, 2.45) is 0 Å². The number of carboxylic acid groups (broad SMARTS) is 3. The number of amides is 2. The van der Waals surface area contributed by atoms with Crippen molar-refractivity contribution in [2.45, 2.75) is 51.7 Å². The van der Waals surface area contributed by atoms with Crippen LogP contribution in [-0.2, 0) is 48.3 Å². The number of unbranched alkanes of at least 4 members (excludes halogenated alkanes) is 1. The summed E-state index contributed by atoms with van der Waals surface area (Å²) in [6.07, 6.45) is 3.14. The van der Waals surface area contributed by atoms with E-state index in [0.717, 1.165) is 36.0 Å². The number of rotatable bonds is 21. The van der Waals surface area contributed by atoms with Gasteiger partial charge in [-0.2, -0.15) is 0 Å². The third kappa shape index (κ3) is 18.5. The van der Waals surface area contributed by atoms with Crippen LogP contribution in [0, 0.1) is 0 Å². The van der Waals surface area contributed by atoms with Gasteiger partial charge in [-0.15, -0.1) is 0 Å². The van der Waals surface area contributed by atoms with Gasteiger partial charge in [0.05, 0.1) is 38.8 Å². The van der Waals surface area contributed by atoms with Crippen LogP contribution in [0.15, 0.2) is 54.6 Å². The van der Waals surface area contributed by atoms with Gasteiger partial charge in [-0.1, -0.05) is 67.9 Å². The fraction of sp³-hybridized carbons (Fsp3) is 0.553. The largest absolute Gasteiger partial charge is 0.480 e. The number of nitrogens with one attached hydrogen (secondary N) is 3. The molecule has 0 aliphatic carbocycles. The van der Waals surface area contributed by atoms with Crippen LogP contribution in [0.3, 0.4) is 0 Å². The van der Waals surface area contributed by atoms with Crippen LogP contribution < -0.4 is 16.1 Å². The number of hydroxylamine groups is 1. The molecule has 298 valence electrons. The van der Waals surface area contributed by atoms with E-state index in [1.54, 1.807) is 14.7 Å². The molecule has 1 heterocycles. The molecule has 1 fully saturated rings. The van der Waals surface area contributed by atoms with E-state index in [2.05, 4.69) is 23.0 Å². The van der Waals surface area contributed by atoms with Gasteiger partial charge in [0, 0.05) is 65.4 Å². The number of hydrogen-bond donors (Lipinski definition) is 6. The van der Waals surface area contributed by atoms with Gasteiger partial charge in [-0.25, -0.2) is 5.48 Å². The molecule has 1 aliphatic heterocycles. The zero-order valence-corrected chi connectivity index (χ0v) is 31.3. The first-order chi connectivity index (χ1) is 26.0. The fourth-order valence-corrected chi connectivity index (χ4v) is 5.95. The van der Waals surface area contributed by atoms with Crippen LogP contribution in [0.5, 0.6) is 0 Å². The highest BCUT2D eigenvalue weighted by Crippen LogP contribution is 2.09. The Hall–Kier alpha value is -4.45. The minimum absolute atomic E-state index is 0.0313. The summed E-state index contributed by atoms with van der Waals surface area (Å²) >= 11 is 0. The predicted molar refractivity (Wildman–Crippen MR) is 201 cm³/mol. The molecular weight excluding hydrogens is 698 g/mol. The van der Waals surface area contributed by atoms with Crippen molar-refractivity contribution in [3.8, 4) is 0 Å². The first-order valence-corrected chi connectivity index (χ1v) is 18.6. The number of benzene rings is 2. The number of carbonyl (C=O) groups excluding carboxylic acids is 2. The molecule has 6 N–H and O–H groups in total. The maximum atomic E-state index is 13.1. The molecule has 0 bridgehead atoms. The minimum atomic E-state index is -1.02. The molecule has 2 amide bonds. The van der Waals surface area contributed by atoms with Gasteiger partial charge < -0.3 is 26.0 Å². The number of carboxylic acids is 3. The summed E-state index contributed by atoms with van der Waals surface area (Å²) in [6, 6.07) is 17.3. The van der Waals surface area contributed by atoms with Gasteiger partial charge in [0.25, 0.3) is 5.91 Å². The molecule has 0 unspecified atom stereocenters. The van der Waals surface area contributed by atoms with Gasteiger partial charge >= 0.3 is 17.9 Å². The first-order valence-electron chi connectivity index (χ1n) is 18.6. The van der Waals surface area contributed by atoms with Gasteiger partial charge in [-0.3, -0.25) is 48.4 Å². The molecule has 0 spiro atoms. The summed E-state index contributed by atoms with van der Waals surface area (Å²) in [5.41, 5.74) is 5.58. The fourth-order valence-electron chi connectivity index (χ4n) is 5.95. The van der Waals surface area contributed by atoms with Crippen molar-refractivity contribution < 1.29 is 44.1 Å². The minimum Gasteiger partial charge on any atom is -0.480 e. The zero-order valence-electron chi connectivity index (χ0n) is 31.3. The SMILES string of the molecule is CCCCONC(=O)[C@@H](CCc1ccccc1)NCc1ccc(CNC(=O)CN2CCN(CC(=O)O)CCN(CC(=O)O)CCN(CC(=O)O)CC2)cc1. The quantitative estimate of drug-likeness (QED) is 0.0768. The summed E-state index contributed by atoms with van der Waals surface area (Å²) in [5.74, 6) is -3.48. The average Bonchev–Trinajstić information content (AvgIpc) is 3.13. The summed E-state index contributed by atoms with van der Waals surface area (Å²) in [6.45, 7) is 5.17. The van der Waals surface area contributed by atoms with Crippen molar-refractivity contribution in [1.29, 1.82) is 0 Å². The average molecular weight is 756 g/mol. The zero-order chi connectivity index (χ0) is 39.1. The Balaban J connectivity index is 1.56. The highest BCUT2D eigenvalue weighted by atomic mass is 16.6. The van der Waals surface area contributed by atoms with E-state index in [-0.39, 0.29) is 44.5 Å². The lowest BCUT2D eigenvalue weighted by Crippen LogP contribution is -2.49. The molecule has 54 heavy (non-hydrogen) atoms. The number of hydrogen-bond acceptors (Lipinski definition) is 11. The summed E-state index contributed by atoms with van der Waals surface area (Å²) in [7, 11) is 0. The highest BCUT2D eigenvalue weighted by molar-refractivity contribution is 5.80. The summed E-state index contributed by atoms with van der Waals surface area (Å²) < 4.78 is 0. The third-order valence-corrected chi connectivity index (χ3v) is 9.09. The Morgan fingerprint density at radius 1 is 0.648 bits per heavy atom. The van der Waals surface area contributed by atoms with E-state index in [0.29, 0.717) is 71.9 Å². The van der Waals surface area contributed by atoms with E-state index >= 15 is 0 Å². The van der Waals surface area contributed by atoms with E-state index < -0.39 is 23.9 Å². The molecule has 0 radical (unpaired) electrons. The van der Waals surface area contributed by atoms with Crippen molar-refractivity contribution in [1.82, 2.24) is 35.7 Å². The Labute approximate surface area is 317 Å². The second kappa shape index (κ2) is 24.8. The maximum Gasteiger partial charge on any atom is 0.317 e. The molecule has 2 aromatic carbocycles. The smallest absolute Gasteiger partial charge is 0.317 e. The lowest BCUT2D eigenvalue weighted by molar-refractivity contribution is -0.140. The molecule has 16 nitrogen and oxygen atoms in total. The Bertz CT molecular complexity index is 1420. The van der Waals surface area contributed by atoms with Gasteiger partial charge in [0.2, 0.25) is 5.91 Å². The molecule has 1 atom stereocenters. The Morgan fingerprint density at radius 3 is 1.57 bits per heavy atom. The normalized spacial score (nSPS) is 16.1. The van der Waals surface area contributed by atoms with Gasteiger partial charge in [0.1, 0.15) is 0 Å². The second-order valence-corrected chi connectivity index (χ2v) is 13.5. The van der Waals surface area contributed by atoms with Crippen molar-refractivity contribution >= 4 is 29.7 Å². The summed E-state index contributed by atoms with van der Waals surface area (Å²) in [4.78, 5) is 72.9. The molecular formula is C38H57N7O9. The molecule has 0 saturated carbocycles. The molecule has 1 saturated heterocycles. The van der Waals surface area contributed by atoms with E-state index in [1.807, 2.05) is 59.5 Å². The van der Waals surface area contributed by atoms with Crippen LogP contribution in [0.2, 0.25) is 0 Å². The third-order valence-electron chi connectivity index (χ3n) is 9.09. The van der Waals surface area contributed by atoms with Crippen molar-refractivity contribution in [2.75, 3.05) is 85.1 Å². The standard InChI is InChI=1S/C38H57N7O9/c1-2-3-23-54-41-38(53)33(14-13-30-7-5-4-6-8-30)39-24-31-9-11-32(12-10-31)25-40-34(46)26-42-15-17-43(27-35(47)48)19-21-45(29-37(51)52)22-20-44(18-16-42)28-36(49)50/h4-12,33,39H,2-3,13-29H2,1H3,(H,40,46)(H,41,53)(H,47,48)(H,49,50)(H,51,52)/t33-/m1/s1. The van der Waals surface area contributed by atoms with Crippen LogP contribution >= 0.6 is 0 Å². The van der Waals surface area contributed by atoms with Crippen LogP contribution in [-0.4, -0.2) is 156 Å². The lowest BCUT2D eigenvalue weighted by Gasteiger charge is -2.32. The number of aryl methyl sites for hydroxylation is 1. The molecule has 1 aliphatic rings. The second-order valence-electron chi connectivity index (χ2n) is 13.5. The molecule has 3 rings (SSSR count).